The molecule has 8 nitrogen and oxygen atoms in total. The smallest absolute Gasteiger partial charge is 0.136 e. The van der Waals surface area contributed by atoms with E-state index in [2.05, 4.69) is 452 Å². The van der Waals surface area contributed by atoms with Crippen LogP contribution in [0, 0.1) is 0 Å². The lowest BCUT2D eigenvalue weighted by Crippen LogP contribution is -1.94. The summed E-state index contributed by atoms with van der Waals surface area (Å²) >= 11 is 0. The van der Waals surface area contributed by atoms with Crippen LogP contribution in [0.3, 0.4) is 0 Å². The van der Waals surface area contributed by atoms with Crippen LogP contribution in [-0.4, -0.2) is 27.1 Å². The molecule has 0 aliphatic heterocycles. The van der Waals surface area contributed by atoms with E-state index >= 15 is 0 Å². The van der Waals surface area contributed by atoms with Gasteiger partial charge in [-0.25, -0.2) is 0 Å². The van der Waals surface area contributed by atoms with Gasteiger partial charge in [-0.1, -0.05) is 231 Å². The molecule has 8 heteroatoms. The summed E-state index contributed by atoms with van der Waals surface area (Å²) in [6, 6.07) is 157. The van der Waals surface area contributed by atoms with E-state index in [1.165, 1.54) is 251 Å². The summed E-state index contributed by atoms with van der Waals surface area (Å²) in [6.45, 7) is 0. The molecule has 0 N–H and O–H groups in total. The SMILES string of the molecule is c1ccc(-n2c3ccccc3c3cc(-c4ccc5cc6c7cc8oc9ccccc9c8c8c9cc%10ccc(-c%11ccc%12c(c%11)c%11ccccc%11n%12-c%11ccccc%11)cc%10cc9n(c6cc5c4)c78)ccc32)cc1.c1ccc2c(c1)oc1cc3c4cc5ccc(-n6c7ccccc7c7ccccc76)cc5cc4n4c5cc6cc(-n7c8ccccc8c8ccccc87)ccc6cc5c(c12)c34. The molecule has 0 saturated heterocycles. The van der Waals surface area contributed by atoms with Gasteiger partial charge in [0.2, 0.25) is 0 Å². The second-order valence-corrected chi connectivity index (χ2v) is 36.2. The molecule has 608 valence electrons. The number of benzene rings is 22. The Labute approximate surface area is 750 Å². The lowest BCUT2D eigenvalue weighted by Gasteiger charge is -2.11. The van der Waals surface area contributed by atoms with Gasteiger partial charge < -0.3 is 35.9 Å². The highest BCUT2D eigenvalue weighted by Gasteiger charge is 2.29. The average molecular weight is 1680 g/mol. The summed E-state index contributed by atoms with van der Waals surface area (Å²) in [5, 5.41) is 34.3. The summed E-state index contributed by atoms with van der Waals surface area (Å²) < 4.78 is 28.1. The van der Waals surface area contributed by atoms with Gasteiger partial charge in [-0.15, -0.1) is 0 Å². The molecular formula is C124H70N6O2. The predicted molar refractivity (Wildman–Crippen MR) is 555 cm³/mol. The molecule has 32 aromatic rings. The molecule has 0 bridgehead atoms. The van der Waals surface area contributed by atoms with Crippen molar-refractivity contribution in [1.82, 2.24) is 27.1 Å². The van der Waals surface area contributed by atoms with Crippen molar-refractivity contribution in [1.29, 1.82) is 0 Å². The Morgan fingerprint density at radius 2 is 0.409 bits per heavy atom. The zero-order valence-electron chi connectivity index (χ0n) is 70.9. The molecule has 32 rings (SSSR count). The predicted octanol–water partition coefficient (Wildman–Crippen LogP) is 33.8. The average Bonchev–Trinajstić information content (AvgIpc) is 1.52. The quantitative estimate of drug-likeness (QED) is 0.167. The molecule has 0 aliphatic carbocycles. The first-order chi connectivity index (χ1) is 65.4. The van der Waals surface area contributed by atoms with Crippen molar-refractivity contribution in [3.63, 3.8) is 0 Å². The lowest BCUT2D eigenvalue weighted by atomic mass is 9.96. The molecule has 0 fully saturated rings. The minimum atomic E-state index is 0.913. The fourth-order valence-electron chi connectivity index (χ4n) is 23.6. The van der Waals surface area contributed by atoms with E-state index in [-0.39, 0.29) is 0 Å². The van der Waals surface area contributed by atoms with Gasteiger partial charge in [0.15, 0.2) is 0 Å². The Balaban J connectivity index is 0.000000126. The van der Waals surface area contributed by atoms with E-state index in [4.69, 9.17) is 8.83 Å². The van der Waals surface area contributed by atoms with Gasteiger partial charge in [0, 0.05) is 130 Å². The molecule has 132 heavy (non-hydrogen) atoms. The maximum Gasteiger partial charge on any atom is 0.136 e. The second-order valence-electron chi connectivity index (χ2n) is 36.2. The summed E-state index contributed by atoms with van der Waals surface area (Å²) in [5.41, 5.74) is 30.1. The van der Waals surface area contributed by atoms with Crippen LogP contribution < -0.4 is 0 Å². The van der Waals surface area contributed by atoms with Crippen LogP contribution in [0.5, 0.6) is 0 Å². The number of nitrogens with zero attached hydrogens (tertiary/aromatic N) is 6. The third-order valence-corrected chi connectivity index (χ3v) is 29.3. The molecule has 0 spiro atoms. The largest absolute Gasteiger partial charge is 0.456 e. The number of para-hydroxylation sites is 10. The maximum atomic E-state index is 6.72. The number of rotatable bonds is 6. The van der Waals surface area contributed by atoms with E-state index in [0.29, 0.717) is 0 Å². The van der Waals surface area contributed by atoms with Gasteiger partial charge in [-0.05, 0) is 259 Å². The van der Waals surface area contributed by atoms with Crippen LogP contribution in [0.25, 0.3) is 295 Å². The maximum absolute atomic E-state index is 6.72. The highest BCUT2D eigenvalue weighted by atomic mass is 16.3. The molecule has 0 aliphatic rings. The number of fused-ring (bicyclic) bond motifs is 36. The van der Waals surface area contributed by atoms with E-state index < -0.39 is 0 Å². The van der Waals surface area contributed by atoms with E-state index in [0.717, 1.165) is 44.5 Å². The lowest BCUT2D eigenvalue weighted by molar-refractivity contribution is 0.669. The van der Waals surface area contributed by atoms with Crippen molar-refractivity contribution in [2.75, 3.05) is 0 Å². The van der Waals surface area contributed by atoms with Crippen LogP contribution in [-0.2, 0) is 0 Å². The fourth-order valence-corrected chi connectivity index (χ4v) is 23.6. The first kappa shape index (κ1) is 70.4. The Kier molecular flexibility index (Phi) is 13.9. The van der Waals surface area contributed by atoms with E-state index in [9.17, 15) is 0 Å². The monoisotopic (exact) mass is 1670 g/mol. The number of hydrogen-bond donors (Lipinski definition) is 0. The number of aromatic nitrogens is 6. The van der Waals surface area contributed by atoms with Crippen molar-refractivity contribution >= 4 is 250 Å². The van der Waals surface area contributed by atoms with E-state index in [1.807, 2.05) is 0 Å². The van der Waals surface area contributed by atoms with Crippen LogP contribution >= 0.6 is 0 Å². The molecule has 0 unspecified atom stereocenters. The molecule has 0 radical (unpaired) electrons. The highest BCUT2D eigenvalue weighted by molar-refractivity contribution is 6.38. The second kappa shape index (κ2) is 26.0. The minimum Gasteiger partial charge on any atom is -0.456 e. The molecule has 0 amide bonds. The molecule has 0 atom stereocenters. The van der Waals surface area contributed by atoms with Gasteiger partial charge in [0.05, 0.1) is 77.2 Å². The minimum absolute atomic E-state index is 0.913. The van der Waals surface area contributed by atoms with Gasteiger partial charge >= 0.3 is 0 Å². The Hall–Kier alpha value is -17.7. The number of furan rings is 2. The van der Waals surface area contributed by atoms with Gasteiger partial charge in [-0.3, -0.25) is 0 Å². The van der Waals surface area contributed by atoms with Crippen LogP contribution in [0.2, 0.25) is 0 Å². The highest BCUT2D eigenvalue weighted by Crippen LogP contribution is 2.52. The summed E-state index contributed by atoms with van der Waals surface area (Å²) in [6.07, 6.45) is 0. The molecular weight excluding hydrogens is 1610 g/mol. The first-order valence-corrected chi connectivity index (χ1v) is 45.5. The summed E-state index contributed by atoms with van der Waals surface area (Å²) in [5.74, 6) is 0. The van der Waals surface area contributed by atoms with E-state index in [1.54, 1.807) is 0 Å². The van der Waals surface area contributed by atoms with Crippen molar-refractivity contribution in [2.24, 2.45) is 0 Å². The normalized spacial score (nSPS) is 12.5. The van der Waals surface area contributed by atoms with Crippen LogP contribution in [0.1, 0.15) is 0 Å². The summed E-state index contributed by atoms with van der Waals surface area (Å²) in [4.78, 5) is 0. The zero-order valence-corrected chi connectivity index (χ0v) is 70.9. The Morgan fingerprint density at radius 1 is 0.136 bits per heavy atom. The van der Waals surface area contributed by atoms with Crippen molar-refractivity contribution in [3.05, 3.63) is 425 Å². The molecule has 10 heterocycles. The third-order valence-electron chi connectivity index (χ3n) is 29.3. The van der Waals surface area contributed by atoms with Crippen LogP contribution in [0.4, 0.5) is 0 Å². The Morgan fingerprint density at radius 3 is 0.788 bits per heavy atom. The zero-order chi connectivity index (χ0) is 85.6. The van der Waals surface area contributed by atoms with Gasteiger partial charge in [0.25, 0.3) is 0 Å². The van der Waals surface area contributed by atoms with Gasteiger partial charge in [0.1, 0.15) is 22.3 Å². The van der Waals surface area contributed by atoms with Crippen molar-refractivity contribution in [2.45, 2.75) is 0 Å². The topological polar surface area (TPSA) is 54.8 Å². The Bertz CT molecular complexity index is 10600. The molecule has 10 aromatic heterocycles. The number of hydrogen-bond acceptors (Lipinski definition) is 2. The third kappa shape index (κ3) is 9.61. The molecule has 0 saturated carbocycles. The molecule has 22 aromatic carbocycles. The fraction of sp³-hybridized carbons (Fsp3) is 0. The van der Waals surface area contributed by atoms with Crippen LogP contribution in [0.15, 0.2) is 433 Å². The summed E-state index contributed by atoms with van der Waals surface area (Å²) in [7, 11) is 0. The first-order valence-electron chi connectivity index (χ1n) is 45.5. The standard InChI is InChI=1S/C68H39N3O.C56H31N3O/c1-3-13-48(14-4-1)69-58-20-10-7-17-50(58)53-33-42(27-29-60(53)69)40-23-25-44-35-55-56-39-65-66(52-19-9-12-22-64(52)72-65)67-57-36-45-26-24-41(32-47(45)38-63(57)71(68(56)67)62(55)37-46(44)31-40)43-28-30-61-54(34-43)51-18-8-11-21-59(51)70(61)49-15-5-2-6-16-49;1-6-16-46-38(11-1)39-12-2-7-17-47(39)57(46)36-23-21-32-27-43-44-31-53-54(42-15-5-10-20-52(42)60-53)55-45-28-33-22-24-37(58-48-18-8-3-13-40(48)41-14-4-9-19-49(41)58)26-35(33)30-51(45)59(56(44)55)50(43)29-34(32)25-36/h1-39H;1-31H. The van der Waals surface area contributed by atoms with Crippen molar-refractivity contribution < 1.29 is 8.83 Å². The van der Waals surface area contributed by atoms with Crippen molar-refractivity contribution in [3.8, 4) is 45.0 Å². The van der Waals surface area contributed by atoms with Gasteiger partial charge in [-0.2, -0.15) is 0 Å².